The average molecular weight is 273 g/mol. The number of nitrogens with two attached hydrogens (primary N) is 1. The Morgan fingerprint density at radius 1 is 1.25 bits per heavy atom. The number of rotatable bonds is 3. The fourth-order valence-corrected chi connectivity index (χ4v) is 1.97. The van der Waals surface area contributed by atoms with Gasteiger partial charge in [-0.2, -0.15) is 0 Å². The minimum Gasteiger partial charge on any atom is -0.409 e. The van der Waals surface area contributed by atoms with E-state index in [9.17, 15) is 4.39 Å². The first-order valence-corrected chi connectivity index (χ1v) is 6.11. The lowest BCUT2D eigenvalue weighted by molar-refractivity contribution is 0.318. The fourth-order valence-electron chi connectivity index (χ4n) is 1.97. The largest absolute Gasteiger partial charge is 0.409 e. The molecule has 2 aromatic carbocycles. The van der Waals surface area contributed by atoms with Crippen molar-refractivity contribution in [2.45, 2.75) is 6.92 Å². The third-order valence-electron chi connectivity index (χ3n) is 3.10. The van der Waals surface area contributed by atoms with Crippen LogP contribution in [0.4, 0.5) is 15.8 Å². The van der Waals surface area contributed by atoms with Crippen molar-refractivity contribution in [2.75, 3.05) is 11.9 Å². The van der Waals surface area contributed by atoms with Crippen LogP contribution in [0.2, 0.25) is 0 Å². The van der Waals surface area contributed by atoms with Crippen molar-refractivity contribution in [2.24, 2.45) is 10.9 Å². The van der Waals surface area contributed by atoms with Crippen LogP contribution >= 0.6 is 0 Å². The molecule has 0 aromatic heterocycles. The Kier molecular flexibility index (Phi) is 3.89. The van der Waals surface area contributed by atoms with Gasteiger partial charge in [0.1, 0.15) is 5.82 Å². The molecule has 0 aliphatic rings. The summed E-state index contributed by atoms with van der Waals surface area (Å²) in [6, 6.07) is 12.2. The fraction of sp³-hybridized carbons (Fsp3) is 0.133. The first-order chi connectivity index (χ1) is 9.52. The molecular formula is C15H16FN3O. The molecule has 2 aromatic rings. The normalized spacial score (nSPS) is 11.4. The highest BCUT2D eigenvalue weighted by Crippen LogP contribution is 2.27. The number of anilines is 2. The number of oxime groups is 1. The van der Waals surface area contributed by atoms with Gasteiger partial charge in [-0.05, 0) is 42.8 Å². The van der Waals surface area contributed by atoms with Gasteiger partial charge in [-0.3, -0.25) is 0 Å². The molecule has 0 unspecified atom stereocenters. The Labute approximate surface area is 116 Å². The van der Waals surface area contributed by atoms with Gasteiger partial charge in [0.05, 0.1) is 5.69 Å². The standard InChI is InChI=1S/C15H16FN3O/c1-10-4-3-5-12(8-10)19(2)14-7-6-11(9-13(14)16)15(17)18-20/h3-9,20H,1-2H3,(H2,17,18). The predicted molar refractivity (Wildman–Crippen MR) is 78.2 cm³/mol. The Morgan fingerprint density at radius 3 is 2.60 bits per heavy atom. The molecule has 0 fully saturated rings. The van der Waals surface area contributed by atoms with Crippen molar-refractivity contribution in [3.8, 4) is 0 Å². The van der Waals surface area contributed by atoms with E-state index in [1.54, 1.807) is 24.1 Å². The summed E-state index contributed by atoms with van der Waals surface area (Å²) in [7, 11) is 1.79. The molecule has 0 radical (unpaired) electrons. The molecule has 0 saturated carbocycles. The monoisotopic (exact) mass is 273 g/mol. The molecule has 0 spiro atoms. The molecule has 0 bridgehead atoms. The van der Waals surface area contributed by atoms with Crippen LogP contribution in [-0.4, -0.2) is 18.1 Å². The van der Waals surface area contributed by atoms with Crippen molar-refractivity contribution in [3.05, 3.63) is 59.4 Å². The smallest absolute Gasteiger partial charge is 0.170 e. The number of benzene rings is 2. The van der Waals surface area contributed by atoms with Gasteiger partial charge < -0.3 is 15.8 Å². The third kappa shape index (κ3) is 2.71. The van der Waals surface area contributed by atoms with E-state index in [4.69, 9.17) is 10.9 Å². The zero-order valence-electron chi connectivity index (χ0n) is 11.3. The lowest BCUT2D eigenvalue weighted by atomic mass is 10.1. The molecule has 0 aliphatic heterocycles. The molecule has 4 nitrogen and oxygen atoms in total. The van der Waals surface area contributed by atoms with Gasteiger partial charge in [0.15, 0.2) is 5.84 Å². The number of nitrogens with zero attached hydrogens (tertiary/aromatic N) is 2. The maximum atomic E-state index is 14.1. The van der Waals surface area contributed by atoms with Crippen LogP contribution in [0.15, 0.2) is 47.6 Å². The highest BCUT2D eigenvalue weighted by molar-refractivity contribution is 5.97. The molecule has 104 valence electrons. The molecule has 0 heterocycles. The van der Waals surface area contributed by atoms with Gasteiger partial charge in [0.25, 0.3) is 0 Å². The molecule has 3 N–H and O–H groups in total. The topological polar surface area (TPSA) is 61.8 Å². The van der Waals surface area contributed by atoms with Crippen LogP contribution in [0.25, 0.3) is 0 Å². The van der Waals surface area contributed by atoms with E-state index in [0.717, 1.165) is 11.3 Å². The number of halogens is 1. The van der Waals surface area contributed by atoms with Crippen LogP contribution in [0.1, 0.15) is 11.1 Å². The quantitative estimate of drug-likeness (QED) is 0.391. The zero-order chi connectivity index (χ0) is 14.7. The Morgan fingerprint density at radius 2 is 2.00 bits per heavy atom. The van der Waals surface area contributed by atoms with Crippen LogP contribution in [0.5, 0.6) is 0 Å². The summed E-state index contributed by atoms with van der Waals surface area (Å²) in [4.78, 5) is 1.75. The van der Waals surface area contributed by atoms with Gasteiger partial charge in [-0.25, -0.2) is 4.39 Å². The highest BCUT2D eigenvalue weighted by Gasteiger charge is 2.11. The highest BCUT2D eigenvalue weighted by atomic mass is 19.1. The van der Waals surface area contributed by atoms with Gasteiger partial charge in [-0.1, -0.05) is 17.3 Å². The summed E-state index contributed by atoms with van der Waals surface area (Å²) in [6.07, 6.45) is 0. The molecule has 0 amide bonds. The van der Waals surface area contributed by atoms with Crippen LogP contribution < -0.4 is 10.6 Å². The van der Waals surface area contributed by atoms with Gasteiger partial charge in [-0.15, -0.1) is 0 Å². The van der Waals surface area contributed by atoms with E-state index in [2.05, 4.69) is 5.16 Å². The van der Waals surface area contributed by atoms with E-state index < -0.39 is 5.82 Å². The maximum Gasteiger partial charge on any atom is 0.170 e. The summed E-state index contributed by atoms with van der Waals surface area (Å²) in [5, 5.41) is 11.5. The molecule has 5 heteroatoms. The molecule has 0 saturated heterocycles. The SMILES string of the molecule is Cc1cccc(N(C)c2ccc(C(N)=NO)cc2F)c1. The van der Waals surface area contributed by atoms with Crippen molar-refractivity contribution in [1.29, 1.82) is 0 Å². The van der Waals surface area contributed by atoms with E-state index >= 15 is 0 Å². The maximum absolute atomic E-state index is 14.1. The van der Waals surface area contributed by atoms with Gasteiger partial charge in [0, 0.05) is 18.3 Å². The zero-order valence-corrected chi connectivity index (χ0v) is 11.3. The van der Waals surface area contributed by atoms with Crippen molar-refractivity contribution < 1.29 is 9.60 Å². The Bertz CT molecular complexity index is 655. The Balaban J connectivity index is 2.38. The average Bonchev–Trinajstić information content (AvgIpc) is 2.45. The summed E-state index contributed by atoms with van der Waals surface area (Å²) >= 11 is 0. The second kappa shape index (κ2) is 5.61. The summed E-state index contributed by atoms with van der Waals surface area (Å²) in [5.41, 5.74) is 8.19. The number of amidine groups is 1. The first-order valence-electron chi connectivity index (χ1n) is 6.11. The Hall–Kier alpha value is -2.56. The van der Waals surface area contributed by atoms with Crippen LogP contribution in [-0.2, 0) is 0 Å². The van der Waals surface area contributed by atoms with Crippen LogP contribution in [0.3, 0.4) is 0 Å². The lowest BCUT2D eigenvalue weighted by Gasteiger charge is -2.21. The molecule has 20 heavy (non-hydrogen) atoms. The molecule has 2 rings (SSSR count). The van der Waals surface area contributed by atoms with Gasteiger partial charge >= 0.3 is 0 Å². The van der Waals surface area contributed by atoms with Crippen molar-refractivity contribution in [3.63, 3.8) is 0 Å². The predicted octanol–water partition coefficient (Wildman–Crippen LogP) is 3.00. The minimum atomic E-state index is -0.432. The second-order valence-electron chi connectivity index (χ2n) is 4.55. The summed E-state index contributed by atoms with van der Waals surface area (Å²) in [6.45, 7) is 1.98. The number of aryl methyl sites for hydroxylation is 1. The molecule has 0 aliphatic carbocycles. The van der Waals surface area contributed by atoms with Crippen LogP contribution in [0, 0.1) is 12.7 Å². The summed E-state index contributed by atoms with van der Waals surface area (Å²) < 4.78 is 14.1. The van der Waals surface area contributed by atoms with E-state index in [1.165, 1.54) is 6.07 Å². The minimum absolute atomic E-state index is 0.117. The van der Waals surface area contributed by atoms with E-state index in [0.29, 0.717) is 11.3 Å². The number of hydrogen-bond donors (Lipinski definition) is 2. The van der Waals surface area contributed by atoms with E-state index in [-0.39, 0.29) is 5.84 Å². The lowest BCUT2D eigenvalue weighted by Crippen LogP contribution is -2.15. The van der Waals surface area contributed by atoms with Crippen molar-refractivity contribution in [1.82, 2.24) is 0 Å². The summed E-state index contributed by atoms with van der Waals surface area (Å²) in [5.74, 6) is -0.549. The van der Waals surface area contributed by atoms with E-state index in [1.807, 2.05) is 31.2 Å². The third-order valence-corrected chi connectivity index (χ3v) is 3.10. The molecule has 0 atom stereocenters. The van der Waals surface area contributed by atoms with Gasteiger partial charge in [0.2, 0.25) is 0 Å². The second-order valence-corrected chi connectivity index (χ2v) is 4.55. The van der Waals surface area contributed by atoms with Crippen molar-refractivity contribution >= 4 is 17.2 Å². The first kappa shape index (κ1) is 13.9. The number of hydrogen-bond acceptors (Lipinski definition) is 3. The molecular weight excluding hydrogens is 257 g/mol.